The minimum atomic E-state index is 0.0861. The minimum absolute atomic E-state index is 0.0861. The molecule has 35 heavy (non-hydrogen) atoms. The average molecular weight is 482 g/mol. The Balaban J connectivity index is 2.01. The van der Waals surface area contributed by atoms with Crippen LogP contribution in [0.25, 0.3) is 0 Å². The molecule has 190 valence electrons. The number of ketones is 1. The Morgan fingerprint density at radius 3 is 2.46 bits per heavy atom. The van der Waals surface area contributed by atoms with Gasteiger partial charge in [0.2, 0.25) is 0 Å². The summed E-state index contributed by atoms with van der Waals surface area (Å²) in [5, 5.41) is 2.99. The molecule has 0 aromatic heterocycles. The zero-order valence-corrected chi connectivity index (χ0v) is 21.8. The highest BCUT2D eigenvalue weighted by molar-refractivity contribution is 5.95. The minimum Gasteiger partial charge on any atom is -0.489 e. The fraction of sp³-hybridized carbons (Fsp3) is 0.448. The number of Topliss-reactive ketones (excluding diaryl/α,β-unsaturated/α-hetero) is 1. The number of carbonyl (C=O) groups excluding carboxylic acids is 2. The number of para-hydroxylation sites is 1. The van der Waals surface area contributed by atoms with E-state index in [4.69, 9.17) is 9.47 Å². The van der Waals surface area contributed by atoms with Gasteiger partial charge in [0, 0.05) is 30.5 Å². The predicted octanol–water partition coefficient (Wildman–Crippen LogP) is 5.56. The first kappa shape index (κ1) is 28.1. The quantitative estimate of drug-likeness (QED) is 0.148. The van der Waals surface area contributed by atoms with Gasteiger partial charge in [0.1, 0.15) is 5.75 Å². The van der Waals surface area contributed by atoms with Crippen molar-refractivity contribution in [3.8, 4) is 17.2 Å². The van der Waals surface area contributed by atoms with Crippen LogP contribution < -0.4 is 14.8 Å². The summed E-state index contributed by atoms with van der Waals surface area (Å²) in [6.45, 7) is 10.3. The summed E-state index contributed by atoms with van der Waals surface area (Å²) in [6, 6.07) is 13.0. The van der Waals surface area contributed by atoms with Crippen molar-refractivity contribution in [2.75, 3.05) is 40.3 Å². The van der Waals surface area contributed by atoms with Gasteiger partial charge in [-0.25, -0.2) is 0 Å². The molecule has 2 rings (SSSR count). The number of carbonyl (C=O) groups is 2. The molecule has 0 aliphatic heterocycles. The lowest BCUT2D eigenvalue weighted by Gasteiger charge is -2.29. The average Bonchev–Trinajstić information content (AvgIpc) is 2.83. The number of rotatable bonds is 16. The molecule has 2 aromatic carbocycles. The van der Waals surface area contributed by atoms with Gasteiger partial charge in [-0.05, 0) is 43.2 Å². The molecular weight excluding hydrogens is 440 g/mol. The van der Waals surface area contributed by atoms with Crippen molar-refractivity contribution in [3.63, 3.8) is 0 Å². The molecule has 6 heteroatoms. The maximum atomic E-state index is 12.2. The maximum absolute atomic E-state index is 12.2. The Hall–Kier alpha value is -3.12. The van der Waals surface area contributed by atoms with Crippen LogP contribution in [0.4, 0.5) is 0 Å². The predicted molar refractivity (Wildman–Crippen MR) is 141 cm³/mol. The molecular formula is C29H41N2O4+. The van der Waals surface area contributed by atoms with Crippen LogP contribution in [-0.2, 0) is 11.2 Å². The zero-order chi connectivity index (χ0) is 25.7. The van der Waals surface area contributed by atoms with E-state index in [1.165, 1.54) is 0 Å². The van der Waals surface area contributed by atoms with Gasteiger partial charge in [0.25, 0.3) is 5.91 Å². The Morgan fingerprint density at radius 1 is 1.06 bits per heavy atom. The van der Waals surface area contributed by atoms with Crippen molar-refractivity contribution in [1.82, 2.24) is 5.32 Å². The van der Waals surface area contributed by atoms with E-state index in [9.17, 15) is 9.59 Å². The first-order valence-electron chi connectivity index (χ1n) is 12.5. The van der Waals surface area contributed by atoms with Gasteiger partial charge >= 0.3 is 0 Å². The van der Waals surface area contributed by atoms with E-state index in [0.29, 0.717) is 53.3 Å². The van der Waals surface area contributed by atoms with E-state index in [2.05, 4.69) is 32.9 Å². The normalized spacial score (nSPS) is 11.1. The second kappa shape index (κ2) is 14.3. The number of quaternary nitrogens is 1. The Labute approximate surface area is 210 Å². The summed E-state index contributed by atoms with van der Waals surface area (Å²) in [6.07, 6.45) is 5.84. The first-order valence-corrected chi connectivity index (χ1v) is 12.5. The molecule has 0 atom stereocenters. The molecule has 0 fully saturated rings. The van der Waals surface area contributed by atoms with Crippen LogP contribution in [0.2, 0.25) is 0 Å². The molecule has 0 bridgehead atoms. The van der Waals surface area contributed by atoms with Crippen molar-refractivity contribution in [1.29, 1.82) is 0 Å². The number of hydrogen-bond donors (Lipinski definition) is 1. The van der Waals surface area contributed by atoms with Crippen molar-refractivity contribution < 1.29 is 23.5 Å². The topological polar surface area (TPSA) is 64.6 Å². The van der Waals surface area contributed by atoms with E-state index >= 15 is 0 Å². The molecule has 2 aromatic rings. The summed E-state index contributed by atoms with van der Waals surface area (Å²) in [5.74, 6) is 2.16. The maximum Gasteiger partial charge on any atom is 0.275 e. The number of hydrogen-bond acceptors (Lipinski definition) is 4. The monoisotopic (exact) mass is 481 g/mol. The lowest BCUT2D eigenvalue weighted by molar-refractivity contribution is -0.882. The van der Waals surface area contributed by atoms with Crippen LogP contribution in [0.15, 0.2) is 55.1 Å². The third-order valence-electron chi connectivity index (χ3n) is 5.73. The van der Waals surface area contributed by atoms with Crippen molar-refractivity contribution in [2.45, 2.75) is 46.0 Å². The van der Waals surface area contributed by atoms with Gasteiger partial charge in [0.05, 0.1) is 27.2 Å². The van der Waals surface area contributed by atoms with E-state index in [1.807, 2.05) is 31.2 Å². The van der Waals surface area contributed by atoms with Crippen LogP contribution in [-0.4, -0.2) is 56.5 Å². The molecule has 0 saturated carbocycles. The molecule has 0 aliphatic carbocycles. The summed E-state index contributed by atoms with van der Waals surface area (Å²) < 4.78 is 12.9. The lowest BCUT2D eigenvalue weighted by Crippen LogP contribution is -2.48. The highest BCUT2D eigenvalue weighted by Crippen LogP contribution is 2.35. The number of unbranched alkanes of at least 4 members (excludes halogenated alkanes) is 1. The Bertz CT molecular complexity index is 967. The number of amides is 1. The molecule has 0 saturated heterocycles. The van der Waals surface area contributed by atoms with Crippen LogP contribution in [0.3, 0.4) is 0 Å². The van der Waals surface area contributed by atoms with Crippen LogP contribution in [0.5, 0.6) is 17.2 Å². The second-order valence-corrected chi connectivity index (χ2v) is 9.36. The number of nitrogens with zero attached hydrogens (tertiary/aromatic N) is 1. The number of allylic oxidation sites excluding steroid dienone is 1. The number of likely N-dealkylation sites (N-methyl/N-ethyl adjacent to an activating group) is 1. The second-order valence-electron chi connectivity index (χ2n) is 9.36. The zero-order valence-electron chi connectivity index (χ0n) is 21.8. The summed E-state index contributed by atoms with van der Waals surface area (Å²) in [7, 11) is 4.12. The van der Waals surface area contributed by atoms with E-state index < -0.39 is 0 Å². The van der Waals surface area contributed by atoms with E-state index in [0.717, 1.165) is 37.9 Å². The standard InChI is InChI=1S/C29H40N2O4/c1-6-9-19-30-28(33)22-31(4,5)20-11-21-34-29-24(12-7-2)13-10-14-27(29)35-25-17-15-23(16-18-25)26(32)8-3/h7,10,13-18H,2,6,8-9,11-12,19-22H2,1,3-5H3/p+1. The van der Waals surface area contributed by atoms with Crippen LogP contribution >= 0.6 is 0 Å². The number of ether oxygens (including phenoxy) is 2. The van der Waals surface area contributed by atoms with Gasteiger partial charge in [-0.1, -0.05) is 38.5 Å². The molecule has 0 unspecified atom stereocenters. The molecule has 1 N–H and O–H groups in total. The van der Waals surface area contributed by atoms with Gasteiger partial charge in [-0.2, -0.15) is 0 Å². The Morgan fingerprint density at radius 2 is 1.80 bits per heavy atom. The third kappa shape index (κ3) is 9.57. The fourth-order valence-electron chi connectivity index (χ4n) is 3.76. The molecule has 6 nitrogen and oxygen atoms in total. The summed E-state index contributed by atoms with van der Waals surface area (Å²) in [4.78, 5) is 24.1. The van der Waals surface area contributed by atoms with Crippen LogP contribution in [0, 0.1) is 0 Å². The van der Waals surface area contributed by atoms with Crippen molar-refractivity contribution in [2.24, 2.45) is 0 Å². The molecule has 0 spiro atoms. The Kier molecular flexibility index (Phi) is 11.5. The highest BCUT2D eigenvalue weighted by Gasteiger charge is 2.20. The first-order chi connectivity index (χ1) is 16.8. The largest absolute Gasteiger partial charge is 0.489 e. The lowest BCUT2D eigenvalue weighted by atomic mass is 10.1. The fourth-order valence-corrected chi connectivity index (χ4v) is 3.76. The number of benzene rings is 2. The molecule has 1 amide bonds. The molecule has 0 aliphatic rings. The SMILES string of the molecule is C=CCc1cccc(Oc2ccc(C(=O)CC)cc2)c1OCCC[N+](C)(C)CC(=O)NCCCC. The molecule has 0 radical (unpaired) electrons. The highest BCUT2D eigenvalue weighted by atomic mass is 16.5. The summed E-state index contributed by atoms with van der Waals surface area (Å²) >= 11 is 0. The van der Waals surface area contributed by atoms with E-state index in [-0.39, 0.29) is 11.7 Å². The van der Waals surface area contributed by atoms with Crippen molar-refractivity contribution >= 4 is 11.7 Å². The summed E-state index contributed by atoms with van der Waals surface area (Å²) in [5.41, 5.74) is 1.68. The smallest absolute Gasteiger partial charge is 0.275 e. The van der Waals surface area contributed by atoms with Crippen LogP contribution in [0.1, 0.15) is 55.5 Å². The number of nitrogens with one attached hydrogen (secondary N) is 1. The van der Waals surface area contributed by atoms with Gasteiger partial charge < -0.3 is 19.3 Å². The van der Waals surface area contributed by atoms with Gasteiger partial charge in [0.15, 0.2) is 23.8 Å². The third-order valence-corrected chi connectivity index (χ3v) is 5.73. The van der Waals surface area contributed by atoms with Gasteiger partial charge in [-0.3, -0.25) is 9.59 Å². The van der Waals surface area contributed by atoms with E-state index in [1.54, 1.807) is 24.3 Å². The van der Waals surface area contributed by atoms with Gasteiger partial charge in [-0.15, -0.1) is 6.58 Å². The molecule has 0 heterocycles. The van der Waals surface area contributed by atoms with Crippen molar-refractivity contribution in [3.05, 3.63) is 66.2 Å².